The first kappa shape index (κ1) is 16.3. The quantitative estimate of drug-likeness (QED) is 0.921. The zero-order valence-corrected chi connectivity index (χ0v) is 13.9. The molecule has 0 aromatic heterocycles. The Morgan fingerprint density at radius 2 is 2.00 bits per heavy atom. The van der Waals surface area contributed by atoms with Crippen molar-refractivity contribution in [2.45, 2.75) is 52.1 Å². The van der Waals surface area contributed by atoms with Gasteiger partial charge >= 0.3 is 0 Å². The number of rotatable bonds is 4. The fraction of sp³-hybridized carbons (Fsp3) is 0.667. The van der Waals surface area contributed by atoms with E-state index in [0.717, 1.165) is 18.8 Å². The van der Waals surface area contributed by atoms with Crippen molar-refractivity contribution in [3.63, 3.8) is 0 Å². The maximum Gasteiger partial charge on any atom is 0.119 e. The average molecular weight is 290 g/mol. The highest BCUT2D eigenvalue weighted by Crippen LogP contribution is 2.34. The third kappa shape index (κ3) is 4.21. The Hall–Kier alpha value is -1.06. The molecule has 0 amide bonds. The Balaban J connectivity index is 2.22. The molecule has 1 aliphatic heterocycles. The van der Waals surface area contributed by atoms with Crippen molar-refractivity contribution < 1.29 is 4.74 Å². The van der Waals surface area contributed by atoms with Crippen molar-refractivity contribution in [1.82, 2.24) is 4.90 Å². The summed E-state index contributed by atoms with van der Waals surface area (Å²) < 4.78 is 5.37. The van der Waals surface area contributed by atoms with E-state index in [1.165, 1.54) is 24.8 Å². The van der Waals surface area contributed by atoms with E-state index in [2.05, 4.69) is 43.9 Å². The summed E-state index contributed by atoms with van der Waals surface area (Å²) in [5.74, 6) is 0.910. The van der Waals surface area contributed by atoms with Crippen molar-refractivity contribution in [2.75, 3.05) is 20.2 Å². The monoisotopic (exact) mass is 290 g/mol. The number of hydrogen-bond donors (Lipinski definition) is 1. The molecule has 1 fully saturated rings. The van der Waals surface area contributed by atoms with Crippen LogP contribution in [0.5, 0.6) is 5.75 Å². The van der Waals surface area contributed by atoms with E-state index in [-0.39, 0.29) is 12.1 Å². The number of likely N-dealkylation sites (tertiary alicyclic amines) is 1. The second-order valence-electron chi connectivity index (χ2n) is 7.13. The van der Waals surface area contributed by atoms with Gasteiger partial charge in [0.1, 0.15) is 5.75 Å². The lowest BCUT2D eigenvalue weighted by atomic mass is 9.85. The fourth-order valence-corrected chi connectivity index (χ4v) is 3.39. The minimum Gasteiger partial charge on any atom is -0.497 e. The Morgan fingerprint density at radius 3 is 2.67 bits per heavy atom. The van der Waals surface area contributed by atoms with E-state index < -0.39 is 0 Å². The molecule has 2 unspecified atom stereocenters. The third-order valence-corrected chi connectivity index (χ3v) is 4.70. The minimum absolute atomic E-state index is 0.110. The molecule has 2 atom stereocenters. The number of nitrogens with zero attached hydrogens (tertiary/aromatic N) is 1. The van der Waals surface area contributed by atoms with Gasteiger partial charge in [0.25, 0.3) is 0 Å². The average Bonchev–Trinajstić information content (AvgIpc) is 2.60. The maximum absolute atomic E-state index is 6.33. The summed E-state index contributed by atoms with van der Waals surface area (Å²) in [4.78, 5) is 2.56. The first-order valence-electron chi connectivity index (χ1n) is 8.06. The summed E-state index contributed by atoms with van der Waals surface area (Å²) in [7, 11) is 1.72. The summed E-state index contributed by atoms with van der Waals surface area (Å²) in [5.41, 5.74) is 8.04. The predicted molar refractivity (Wildman–Crippen MR) is 88.6 cm³/mol. The predicted octanol–water partition coefficient (Wildman–Crippen LogP) is 3.60. The molecule has 0 radical (unpaired) electrons. The second kappa shape index (κ2) is 6.80. The molecule has 2 N–H and O–H groups in total. The molecule has 1 heterocycles. The topological polar surface area (TPSA) is 38.5 Å². The number of ether oxygens (including phenoxy) is 1. The summed E-state index contributed by atoms with van der Waals surface area (Å²) >= 11 is 0. The van der Waals surface area contributed by atoms with Crippen molar-refractivity contribution in [3.8, 4) is 5.75 Å². The molecule has 0 bridgehead atoms. The van der Waals surface area contributed by atoms with Gasteiger partial charge in [-0.2, -0.15) is 0 Å². The molecule has 0 aliphatic carbocycles. The van der Waals surface area contributed by atoms with Gasteiger partial charge in [0, 0.05) is 12.1 Å². The summed E-state index contributed by atoms with van der Waals surface area (Å²) in [6, 6.07) is 8.74. The highest BCUT2D eigenvalue weighted by molar-refractivity contribution is 5.31. The molecule has 1 aromatic rings. The maximum atomic E-state index is 6.33. The molecule has 1 saturated heterocycles. The number of methoxy groups -OCH3 is 1. The number of nitrogens with two attached hydrogens (primary N) is 1. The lowest BCUT2D eigenvalue weighted by Crippen LogP contribution is -2.40. The lowest BCUT2D eigenvalue weighted by molar-refractivity contribution is 0.175. The third-order valence-electron chi connectivity index (χ3n) is 4.70. The van der Waals surface area contributed by atoms with Crippen LogP contribution < -0.4 is 10.5 Å². The van der Waals surface area contributed by atoms with E-state index in [4.69, 9.17) is 10.5 Å². The van der Waals surface area contributed by atoms with Crippen LogP contribution in [0.1, 0.15) is 51.6 Å². The van der Waals surface area contributed by atoms with Crippen molar-refractivity contribution in [3.05, 3.63) is 29.8 Å². The van der Waals surface area contributed by atoms with Crippen LogP contribution in [0.25, 0.3) is 0 Å². The van der Waals surface area contributed by atoms with E-state index in [1.807, 2.05) is 6.07 Å². The first-order chi connectivity index (χ1) is 9.93. The molecular weight excluding hydrogens is 260 g/mol. The zero-order valence-electron chi connectivity index (χ0n) is 13.9. The highest BCUT2D eigenvalue weighted by Gasteiger charge is 2.29. The Kier molecular flexibility index (Phi) is 5.28. The molecule has 3 nitrogen and oxygen atoms in total. The van der Waals surface area contributed by atoms with Crippen LogP contribution in [0.4, 0.5) is 0 Å². The van der Waals surface area contributed by atoms with Crippen LogP contribution in [0.2, 0.25) is 0 Å². The van der Waals surface area contributed by atoms with Crippen LogP contribution in [0, 0.1) is 5.41 Å². The molecule has 2 rings (SSSR count). The van der Waals surface area contributed by atoms with Crippen molar-refractivity contribution in [2.24, 2.45) is 11.1 Å². The summed E-state index contributed by atoms with van der Waals surface area (Å²) in [5, 5.41) is 0. The summed E-state index contributed by atoms with van der Waals surface area (Å²) in [6.45, 7) is 9.12. The number of benzene rings is 1. The smallest absolute Gasteiger partial charge is 0.119 e. The molecule has 0 saturated carbocycles. The van der Waals surface area contributed by atoms with E-state index >= 15 is 0 Å². The first-order valence-corrected chi connectivity index (χ1v) is 8.06. The van der Waals surface area contributed by atoms with Gasteiger partial charge in [-0.3, -0.25) is 4.90 Å². The van der Waals surface area contributed by atoms with Gasteiger partial charge in [-0.1, -0.05) is 26.0 Å². The van der Waals surface area contributed by atoms with Gasteiger partial charge in [0.2, 0.25) is 0 Å². The Morgan fingerprint density at radius 1 is 1.24 bits per heavy atom. The van der Waals surface area contributed by atoms with E-state index in [9.17, 15) is 0 Å². The van der Waals surface area contributed by atoms with Crippen LogP contribution in [-0.2, 0) is 0 Å². The normalized spacial score (nSPS) is 22.3. The molecular formula is C18H30N2O. The van der Waals surface area contributed by atoms with E-state index in [0.29, 0.717) is 5.41 Å². The molecule has 1 aromatic carbocycles. The van der Waals surface area contributed by atoms with Gasteiger partial charge in [-0.15, -0.1) is 0 Å². The SMILES string of the molecule is COc1cccc(C(C(C)N)N2CCCC(C)(C)CC2)c1. The fourth-order valence-electron chi connectivity index (χ4n) is 3.39. The van der Waals surface area contributed by atoms with Gasteiger partial charge in [-0.05, 0) is 62.4 Å². The largest absolute Gasteiger partial charge is 0.497 e. The van der Waals surface area contributed by atoms with E-state index in [1.54, 1.807) is 7.11 Å². The standard InChI is InChI=1S/C18H30N2O/c1-14(19)17(15-7-5-8-16(13-15)21-4)20-11-6-9-18(2,3)10-12-20/h5,7-8,13-14,17H,6,9-12,19H2,1-4H3. The Labute approximate surface area is 129 Å². The highest BCUT2D eigenvalue weighted by atomic mass is 16.5. The van der Waals surface area contributed by atoms with Crippen LogP contribution >= 0.6 is 0 Å². The van der Waals surface area contributed by atoms with Gasteiger partial charge in [0.05, 0.1) is 7.11 Å². The van der Waals surface area contributed by atoms with Gasteiger partial charge in [0.15, 0.2) is 0 Å². The molecule has 118 valence electrons. The molecule has 0 spiro atoms. The molecule has 21 heavy (non-hydrogen) atoms. The molecule has 3 heteroatoms. The van der Waals surface area contributed by atoms with Gasteiger partial charge < -0.3 is 10.5 Å². The second-order valence-corrected chi connectivity index (χ2v) is 7.13. The van der Waals surface area contributed by atoms with Crippen LogP contribution in [0.15, 0.2) is 24.3 Å². The van der Waals surface area contributed by atoms with Crippen LogP contribution in [-0.4, -0.2) is 31.1 Å². The lowest BCUT2D eigenvalue weighted by Gasteiger charge is -2.34. The van der Waals surface area contributed by atoms with Crippen molar-refractivity contribution >= 4 is 0 Å². The zero-order chi connectivity index (χ0) is 15.5. The summed E-state index contributed by atoms with van der Waals surface area (Å²) in [6.07, 6.45) is 3.79. The Bertz CT molecular complexity index is 456. The minimum atomic E-state index is 0.110. The molecule has 1 aliphatic rings. The number of hydrogen-bond acceptors (Lipinski definition) is 3. The van der Waals surface area contributed by atoms with Crippen LogP contribution in [0.3, 0.4) is 0 Å². The van der Waals surface area contributed by atoms with Gasteiger partial charge in [-0.25, -0.2) is 0 Å². The van der Waals surface area contributed by atoms with Crippen molar-refractivity contribution in [1.29, 1.82) is 0 Å².